The number of rotatable bonds is 4. The van der Waals surface area contributed by atoms with E-state index in [4.69, 9.17) is 6.42 Å². The van der Waals surface area contributed by atoms with Crippen molar-refractivity contribution < 1.29 is 0 Å². The molecule has 1 aromatic rings. The van der Waals surface area contributed by atoms with Crippen molar-refractivity contribution in [2.24, 2.45) is 0 Å². The molecular formula is C14H19N3. The normalized spacial score (nSPS) is 17.8. The van der Waals surface area contributed by atoms with Crippen molar-refractivity contribution in [3.05, 3.63) is 30.1 Å². The van der Waals surface area contributed by atoms with Crippen LogP contribution in [0, 0.1) is 12.3 Å². The van der Waals surface area contributed by atoms with Crippen molar-refractivity contribution >= 4 is 0 Å². The third-order valence-electron chi connectivity index (χ3n) is 3.20. The maximum Gasteiger partial charge on any atom is 0.0598 e. The first-order valence-electron chi connectivity index (χ1n) is 6.17. The molecule has 0 aliphatic carbocycles. The molecule has 0 unspecified atom stereocenters. The zero-order chi connectivity index (χ0) is 11.9. The largest absolute Gasteiger partial charge is 0.308 e. The number of nitrogens with one attached hydrogen (secondary N) is 1. The molecule has 1 aliphatic heterocycles. The Morgan fingerprint density at radius 2 is 2.24 bits per heavy atom. The number of hydrogen-bond acceptors (Lipinski definition) is 3. The summed E-state index contributed by atoms with van der Waals surface area (Å²) < 4.78 is 0. The van der Waals surface area contributed by atoms with E-state index in [1.807, 2.05) is 18.3 Å². The number of terminal acetylenes is 1. The Morgan fingerprint density at radius 1 is 1.41 bits per heavy atom. The standard InChI is InChI=1S/C14H19N3/c1-2-9-17-10-6-13(7-11-17)16-12-14-5-3-4-8-15-14/h1,3-5,8,13,16H,6-7,9-12H2. The van der Waals surface area contributed by atoms with Crippen molar-refractivity contribution in [2.75, 3.05) is 19.6 Å². The van der Waals surface area contributed by atoms with Gasteiger partial charge in [0.25, 0.3) is 0 Å². The van der Waals surface area contributed by atoms with E-state index >= 15 is 0 Å². The van der Waals surface area contributed by atoms with Gasteiger partial charge in [-0.15, -0.1) is 6.42 Å². The minimum atomic E-state index is 0.603. The second kappa shape index (κ2) is 6.39. The van der Waals surface area contributed by atoms with Crippen LogP contribution < -0.4 is 5.32 Å². The van der Waals surface area contributed by atoms with Gasteiger partial charge in [0.2, 0.25) is 0 Å². The summed E-state index contributed by atoms with van der Waals surface area (Å²) in [6.45, 7) is 3.85. The van der Waals surface area contributed by atoms with E-state index in [1.165, 1.54) is 12.8 Å². The number of aromatic nitrogens is 1. The molecule has 1 fully saturated rings. The molecule has 0 atom stereocenters. The first-order valence-corrected chi connectivity index (χ1v) is 6.17. The number of likely N-dealkylation sites (tertiary alicyclic amines) is 1. The Hall–Kier alpha value is -1.37. The summed E-state index contributed by atoms with van der Waals surface area (Å²) in [4.78, 5) is 6.64. The topological polar surface area (TPSA) is 28.2 Å². The smallest absolute Gasteiger partial charge is 0.0598 e. The van der Waals surface area contributed by atoms with Gasteiger partial charge in [-0.25, -0.2) is 0 Å². The van der Waals surface area contributed by atoms with Gasteiger partial charge in [0, 0.05) is 31.9 Å². The summed E-state index contributed by atoms with van der Waals surface area (Å²) in [7, 11) is 0. The lowest BCUT2D eigenvalue weighted by atomic mass is 10.1. The molecule has 0 bridgehead atoms. The van der Waals surface area contributed by atoms with E-state index in [9.17, 15) is 0 Å². The molecule has 1 aliphatic rings. The highest BCUT2D eigenvalue weighted by Gasteiger charge is 2.17. The maximum absolute atomic E-state index is 5.31. The molecule has 1 N–H and O–H groups in total. The zero-order valence-electron chi connectivity index (χ0n) is 10.1. The summed E-state index contributed by atoms with van der Waals surface area (Å²) >= 11 is 0. The fourth-order valence-corrected chi connectivity index (χ4v) is 2.18. The molecule has 0 aromatic carbocycles. The summed E-state index contributed by atoms with van der Waals surface area (Å²) in [6, 6.07) is 6.63. The number of nitrogens with zero attached hydrogens (tertiary/aromatic N) is 2. The Bertz CT molecular complexity index is 361. The Kier molecular flexibility index (Phi) is 4.54. The Morgan fingerprint density at radius 3 is 2.88 bits per heavy atom. The lowest BCUT2D eigenvalue weighted by molar-refractivity contribution is 0.217. The van der Waals surface area contributed by atoms with E-state index in [0.29, 0.717) is 6.04 Å². The van der Waals surface area contributed by atoms with Crippen LogP contribution >= 0.6 is 0 Å². The third-order valence-corrected chi connectivity index (χ3v) is 3.20. The van der Waals surface area contributed by atoms with E-state index in [2.05, 4.69) is 27.2 Å². The SMILES string of the molecule is C#CCN1CCC(NCc2ccccn2)CC1. The van der Waals surface area contributed by atoms with Crippen LogP contribution in [0.3, 0.4) is 0 Å². The van der Waals surface area contributed by atoms with Gasteiger partial charge in [-0.3, -0.25) is 9.88 Å². The van der Waals surface area contributed by atoms with Crippen LogP contribution in [0.4, 0.5) is 0 Å². The highest BCUT2D eigenvalue weighted by atomic mass is 15.1. The van der Waals surface area contributed by atoms with Gasteiger partial charge in [0.05, 0.1) is 12.2 Å². The average Bonchev–Trinajstić information content (AvgIpc) is 2.40. The predicted molar refractivity (Wildman–Crippen MR) is 69.4 cm³/mol. The summed E-state index contributed by atoms with van der Waals surface area (Å²) in [5.41, 5.74) is 1.11. The zero-order valence-corrected chi connectivity index (χ0v) is 10.1. The van der Waals surface area contributed by atoms with Crippen molar-refractivity contribution in [2.45, 2.75) is 25.4 Å². The molecule has 0 spiro atoms. The highest BCUT2D eigenvalue weighted by Crippen LogP contribution is 2.10. The van der Waals surface area contributed by atoms with Gasteiger partial charge in [-0.1, -0.05) is 12.0 Å². The molecule has 2 heterocycles. The van der Waals surface area contributed by atoms with Crippen molar-refractivity contribution in [1.82, 2.24) is 15.2 Å². The Labute approximate surface area is 103 Å². The average molecular weight is 229 g/mol. The van der Waals surface area contributed by atoms with Crippen molar-refractivity contribution in [3.63, 3.8) is 0 Å². The second-order valence-electron chi connectivity index (χ2n) is 4.46. The summed E-state index contributed by atoms with van der Waals surface area (Å²) in [6.07, 6.45) is 9.50. The fraction of sp³-hybridized carbons (Fsp3) is 0.500. The Balaban J connectivity index is 1.70. The van der Waals surface area contributed by atoms with Gasteiger partial charge in [-0.2, -0.15) is 0 Å². The van der Waals surface area contributed by atoms with E-state index < -0.39 is 0 Å². The van der Waals surface area contributed by atoms with E-state index in [-0.39, 0.29) is 0 Å². The molecule has 90 valence electrons. The molecule has 1 aromatic heterocycles. The van der Waals surface area contributed by atoms with Gasteiger partial charge < -0.3 is 5.32 Å². The van der Waals surface area contributed by atoms with Crippen LogP contribution in [-0.2, 0) is 6.54 Å². The molecule has 0 amide bonds. The molecular weight excluding hydrogens is 210 g/mol. The number of pyridine rings is 1. The van der Waals surface area contributed by atoms with Crippen molar-refractivity contribution in [1.29, 1.82) is 0 Å². The van der Waals surface area contributed by atoms with Crippen LogP contribution in [0.5, 0.6) is 0 Å². The maximum atomic E-state index is 5.31. The molecule has 3 nitrogen and oxygen atoms in total. The lowest BCUT2D eigenvalue weighted by Gasteiger charge is -2.31. The third kappa shape index (κ3) is 3.85. The van der Waals surface area contributed by atoms with Gasteiger partial charge in [0.15, 0.2) is 0 Å². The lowest BCUT2D eigenvalue weighted by Crippen LogP contribution is -2.42. The highest BCUT2D eigenvalue weighted by molar-refractivity contribution is 5.03. The molecule has 1 saturated heterocycles. The first-order chi connectivity index (χ1) is 8.38. The molecule has 0 saturated carbocycles. The molecule has 17 heavy (non-hydrogen) atoms. The van der Waals surface area contributed by atoms with E-state index in [0.717, 1.165) is 31.9 Å². The number of hydrogen-bond donors (Lipinski definition) is 1. The monoisotopic (exact) mass is 229 g/mol. The van der Waals surface area contributed by atoms with Crippen LogP contribution in [0.25, 0.3) is 0 Å². The number of piperidine rings is 1. The minimum absolute atomic E-state index is 0.603. The van der Waals surface area contributed by atoms with Gasteiger partial charge in [-0.05, 0) is 25.0 Å². The quantitative estimate of drug-likeness (QED) is 0.788. The van der Waals surface area contributed by atoms with Crippen LogP contribution in [-0.4, -0.2) is 35.6 Å². The van der Waals surface area contributed by atoms with Gasteiger partial charge >= 0.3 is 0 Å². The van der Waals surface area contributed by atoms with Gasteiger partial charge in [0.1, 0.15) is 0 Å². The molecule has 2 rings (SSSR count). The van der Waals surface area contributed by atoms with Crippen molar-refractivity contribution in [3.8, 4) is 12.3 Å². The second-order valence-corrected chi connectivity index (χ2v) is 4.46. The summed E-state index contributed by atoms with van der Waals surface area (Å²) in [5, 5.41) is 3.56. The van der Waals surface area contributed by atoms with Crippen LogP contribution in [0.2, 0.25) is 0 Å². The van der Waals surface area contributed by atoms with E-state index in [1.54, 1.807) is 0 Å². The molecule has 3 heteroatoms. The first kappa shape index (κ1) is 12.1. The fourth-order valence-electron chi connectivity index (χ4n) is 2.18. The molecule has 0 radical (unpaired) electrons. The van der Waals surface area contributed by atoms with Crippen LogP contribution in [0.15, 0.2) is 24.4 Å². The summed E-state index contributed by atoms with van der Waals surface area (Å²) in [5.74, 6) is 2.71. The predicted octanol–water partition coefficient (Wildman–Crippen LogP) is 1.27. The minimum Gasteiger partial charge on any atom is -0.308 e. The van der Waals surface area contributed by atoms with Crippen LogP contribution in [0.1, 0.15) is 18.5 Å².